The Bertz CT molecular complexity index is 1220. The predicted octanol–water partition coefficient (Wildman–Crippen LogP) is 3.87. The summed E-state index contributed by atoms with van der Waals surface area (Å²) in [4.78, 5) is 43.3. The number of benzene rings is 1. The zero-order valence-corrected chi connectivity index (χ0v) is 20.5. The molecule has 0 amide bonds. The number of ether oxygens (including phenoxy) is 2. The lowest BCUT2D eigenvalue weighted by Gasteiger charge is -2.60. The molecule has 0 radical (unpaired) electrons. The quantitative estimate of drug-likeness (QED) is 0.135. The van der Waals surface area contributed by atoms with E-state index in [1.807, 2.05) is 0 Å². The Labute approximate surface area is 210 Å². The Hall–Kier alpha value is -3.55. The van der Waals surface area contributed by atoms with Gasteiger partial charge >= 0.3 is 12.1 Å². The highest BCUT2D eigenvalue weighted by atomic mass is 32.2. The van der Waals surface area contributed by atoms with E-state index in [0.717, 1.165) is 11.8 Å². The van der Waals surface area contributed by atoms with Gasteiger partial charge in [0.2, 0.25) is 5.70 Å². The SMILES string of the molecule is CC(OC(=O)OCc1ccc([N+](=O)[O-])cc1)[C@H]1C[N+]2([O-])C(C(=O)O)=C(Sc3ncccn3)C(C)(C)C12. The minimum atomic E-state index is -1.30. The van der Waals surface area contributed by atoms with Crippen molar-refractivity contribution in [2.45, 2.75) is 44.7 Å². The minimum Gasteiger partial charge on any atom is -0.627 e. The van der Waals surface area contributed by atoms with Crippen LogP contribution in [-0.4, -0.2) is 55.5 Å². The topological polar surface area (TPSA) is 165 Å². The van der Waals surface area contributed by atoms with Crippen molar-refractivity contribution in [1.29, 1.82) is 0 Å². The molecule has 0 bridgehead atoms. The number of nitro benzene ring substituents is 1. The van der Waals surface area contributed by atoms with Crippen molar-refractivity contribution in [1.82, 2.24) is 9.97 Å². The number of fused-ring (bicyclic) bond motifs is 1. The number of non-ortho nitro benzene ring substituents is 1. The smallest absolute Gasteiger partial charge is 0.508 e. The predicted molar refractivity (Wildman–Crippen MR) is 126 cm³/mol. The fourth-order valence-corrected chi connectivity index (χ4v) is 6.13. The van der Waals surface area contributed by atoms with Crippen LogP contribution < -0.4 is 0 Å². The van der Waals surface area contributed by atoms with Gasteiger partial charge in [0, 0.05) is 24.5 Å². The first-order valence-corrected chi connectivity index (χ1v) is 11.9. The van der Waals surface area contributed by atoms with E-state index >= 15 is 0 Å². The second-order valence-corrected chi connectivity index (χ2v) is 10.2. The van der Waals surface area contributed by atoms with Crippen molar-refractivity contribution in [3.05, 3.63) is 74.2 Å². The van der Waals surface area contributed by atoms with Crippen molar-refractivity contribution in [2.75, 3.05) is 6.54 Å². The molecule has 3 heterocycles. The van der Waals surface area contributed by atoms with Gasteiger partial charge in [-0.05, 0) is 56.3 Å². The molecule has 3 unspecified atom stereocenters. The standard InChI is InChI=1S/C23H24N4O8S/c1-13(35-22(30)34-12-14-5-7-15(8-6-14)26(31)32)16-11-27(33)17(20(28)29)19(23(2,3)18(16)27)36-21-24-9-4-10-25-21/h4-10,13,16,18H,11-12H2,1-3H3,(H,28,29)/t13?,16-,18?,27?/m1/s1. The van der Waals surface area contributed by atoms with E-state index in [9.17, 15) is 30.0 Å². The highest BCUT2D eigenvalue weighted by Crippen LogP contribution is 2.61. The number of carbonyl (C=O) groups excluding carboxylic acids is 1. The van der Waals surface area contributed by atoms with Gasteiger partial charge in [0.15, 0.2) is 5.16 Å². The summed E-state index contributed by atoms with van der Waals surface area (Å²) in [5.41, 5.74) is -0.625. The molecule has 1 aromatic carbocycles. The zero-order chi connectivity index (χ0) is 26.3. The maximum Gasteiger partial charge on any atom is 0.508 e. The van der Waals surface area contributed by atoms with Crippen molar-refractivity contribution >= 4 is 29.6 Å². The van der Waals surface area contributed by atoms with Crippen molar-refractivity contribution < 1.29 is 33.7 Å². The van der Waals surface area contributed by atoms with Gasteiger partial charge in [0.1, 0.15) is 18.8 Å². The minimum absolute atomic E-state index is 0.0633. The lowest BCUT2D eigenvalue weighted by atomic mass is 9.71. The molecule has 36 heavy (non-hydrogen) atoms. The Morgan fingerprint density at radius 3 is 2.50 bits per heavy atom. The maximum absolute atomic E-state index is 13.7. The first kappa shape index (κ1) is 25.5. The van der Waals surface area contributed by atoms with E-state index in [2.05, 4.69) is 9.97 Å². The monoisotopic (exact) mass is 516 g/mol. The molecule has 2 aliphatic rings. The van der Waals surface area contributed by atoms with E-state index in [1.54, 1.807) is 26.8 Å². The third-order valence-corrected chi connectivity index (χ3v) is 7.90. The number of nitro groups is 1. The molecular weight excluding hydrogens is 492 g/mol. The van der Waals surface area contributed by atoms with Crippen LogP contribution in [0.2, 0.25) is 0 Å². The second-order valence-electron chi connectivity index (χ2n) is 9.21. The van der Waals surface area contributed by atoms with Crippen LogP contribution in [0, 0.1) is 26.7 Å². The van der Waals surface area contributed by atoms with Crippen molar-refractivity contribution in [3.63, 3.8) is 0 Å². The van der Waals surface area contributed by atoms with E-state index < -0.39 is 45.2 Å². The van der Waals surface area contributed by atoms with Gasteiger partial charge in [-0.2, -0.15) is 0 Å². The van der Waals surface area contributed by atoms with E-state index in [0.29, 0.717) is 15.6 Å². The molecule has 0 spiro atoms. The van der Waals surface area contributed by atoms with Gasteiger partial charge < -0.3 is 24.4 Å². The average Bonchev–Trinajstić information content (AvgIpc) is 2.93. The molecule has 12 nitrogen and oxygen atoms in total. The van der Waals surface area contributed by atoms with Crippen LogP contribution in [0.1, 0.15) is 26.3 Å². The normalized spacial score (nSPS) is 24.9. The Morgan fingerprint density at radius 1 is 1.28 bits per heavy atom. The van der Waals surface area contributed by atoms with Crippen molar-refractivity contribution in [3.8, 4) is 0 Å². The van der Waals surface area contributed by atoms with Crippen LogP contribution >= 0.6 is 11.8 Å². The average molecular weight is 517 g/mol. The number of carboxylic acids is 1. The number of quaternary nitrogens is 1. The Morgan fingerprint density at radius 2 is 1.92 bits per heavy atom. The summed E-state index contributed by atoms with van der Waals surface area (Å²) in [6.45, 7) is 5.04. The summed E-state index contributed by atoms with van der Waals surface area (Å²) >= 11 is 1.06. The summed E-state index contributed by atoms with van der Waals surface area (Å²) in [5.74, 6) is -1.71. The number of carboxylic acid groups (broad SMARTS) is 1. The molecule has 190 valence electrons. The summed E-state index contributed by atoms with van der Waals surface area (Å²) < 4.78 is 9.52. The molecule has 2 aromatic rings. The first-order chi connectivity index (χ1) is 16.9. The molecule has 1 N–H and O–H groups in total. The summed E-state index contributed by atoms with van der Waals surface area (Å²) in [6, 6.07) is 6.50. The molecule has 1 aromatic heterocycles. The van der Waals surface area contributed by atoms with Gasteiger partial charge in [0.05, 0.1) is 27.7 Å². The van der Waals surface area contributed by atoms with Crippen LogP contribution in [0.4, 0.5) is 10.5 Å². The largest absolute Gasteiger partial charge is 0.627 e. The molecule has 2 aliphatic heterocycles. The number of aromatic nitrogens is 2. The molecule has 1 fully saturated rings. The van der Waals surface area contributed by atoms with Crippen LogP contribution in [0.5, 0.6) is 0 Å². The lowest BCUT2D eigenvalue weighted by molar-refractivity contribution is -0.921. The van der Waals surface area contributed by atoms with Gasteiger partial charge in [0.25, 0.3) is 5.69 Å². The number of rotatable bonds is 8. The fraction of sp³-hybridized carbons (Fsp3) is 0.391. The Kier molecular flexibility index (Phi) is 6.73. The number of hydrogen-bond donors (Lipinski definition) is 1. The fourth-order valence-electron chi connectivity index (χ4n) is 5.00. The number of carbonyl (C=O) groups is 2. The molecule has 1 saturated heterocycles. The number of nitrogens with zero attached hydrogens (tertiary/aromatic N) is 4. The van der Waals surface area contributed by atoms with Gasteiger partial charge in [-0.3, -0.25) is 10.1 Å². The Balaban J connectivity index is 1.43. The molecule has 13 heteroatoms. The van der Waals surface area contributed by atoms with E-state index in [1.165, 1.54) is 36.7 Å². The van der Waals surface area contributed by atoms with Crippen LogP contribution in [-0.2, 0) is 20.9 Å². The highest BCUT2D eigenvalue weighted by Gasteiger charge is 2.69. The van der Waals surface area contributed by atoms with Gasteiger partial charge in [-0.1, -0.05) is 0 Å². The summed E-state index contributed by atoms with van der Waals surface area (Å²) in [5, 5.41) is 34.7. The number of hydroxylamine groups is 3. The second kappa shape index (κ2) is 9.48. The zero-order valence-electron chi connectivity index (χ0n) is 19.7. The molecule has 4 rings (SSSR count). The number of thioether (sulfide) groups is 1. The molecule has 0 saturated carbocycles. The van der Waals surface area contributed by atoms with Crippen LogP contribution in [0.25, 0.3) is 0 Å². The molecule has 0 aliphatic carbocycles. The van der Waals surface area contributed by atoms with Crippen molar-refractivity contribution in [2.24, 2.45) is 11.3 Å². The van der Waals surface area contributed by atoms with Crippen LogP contribution in [0.3, 0.4) is 0 Å². The van der Waals surface area contributed by atoms with Gasteiger partial charge in [-0.25, -0.2) is 19.6 Å². The third-order valence-electron chi connectivity index (χ3n) is 6.58. The molecular formula is C23H24N4O8S. The number of hydrogen-bond acceptors (Lipinski definition) is 10. The third kappa shape index (κ3) is 4.52. The van der Waals surface area contributed by atoms with E-state index in [4.69, 9.17) is 9.47 Å². The molecule has 4 atom stereocenters. The lowest BCUT2D eigenvalue weighted by Crippen LogP contribution is -2.71. The van der Waals surface area contributed by atoms with E-state index in [-0.39, 0.29) is 24.5 Å². The van der Waals surface area contributed by atoms with Crippen LogP contribution in [0.15, 0.2) is 58.5 Å². The maximum atomic E-state index is 13.7. The summed E-state index contributed by atoms with van der Waals surface area (Å²) in [6.07, 6.45) is 1.41. The first-order valence-electron chi connectivity index (χ1n) is 11.0. The number of aliphatic carboxylic acids is 1. The van der Waals surface area contributed by atoms with Gasteiger partial charge in [-0.15, -0.1) is 0 Å². The summed E-state index contributed by atoms with van der Waals surface area (Å²) in [7, 11) is 0. The highest BCUT2D eigenvalue weighted by molar-refractivity contribution is 8.03.